The van der Waals surface area contributed by atoms with Crippen LogP contribution in [0.15, 0.2) is 23.4 Å². The Kier molecular flexibility index (Phi) is 5.65. The molecular formula is C19H27N5OS. The molecule has 3 atom stereocenters. The summed E-state index contributed by atoms with van der Waals surface area (Å²) in [4.78, 5) is 14.9. The summed E-state index contributed by atoms with van der Waals surface area (Å²) in [7, 11) is 0. The number of tetrazole rings is 1. The maximum absolute atomic E-state index is 12.9. The summed E-state index contributed by atoms with van der Waals surface area (Å²) in [5.74, 6) is 1.28. The predicted molar refractivity (Wildman–Crippen MR) is 103 cm³/mol. The molecule has 2 heterocycles. The zero-order chi connectivity index (χ0) is 18.8. The molecule has 1 aromatic carbocycles. The van der Waals surface area contributed by atoms with Gasteiger partial charge in [-0.2, -0.15) is 4.68 Å². The molecule has 1 fully saturated rings. The van der Waals surface area contributed by atoms with Gasteiger partial charge in [-0.3, -0.25) is 4.79 Å². The van der Waals surface area contributed by atoms with E-state index in [-0.39, 0.29) is 11.2 Å². The number of carbonyl (C=O) groups is 1. The van der Waals surface area contributed by atoms with E-state index in [1.165, 1.54) is 23.7 Å². The van der Waals surface area contributed by atoms with Crippen molar-refractivity contribution in [2.45, 2.75) is 51.4 Å². The molecule has 1 aliphatic heterocycles. The summed E-state index contributed by atoms with van der Waals surface area (Å²) in [5, 5.41) is 12.5. The Morgan fingerprint density at radius 1 is 1.23 bits per heavy atom. The summed E-state index contributed by atoms with van der Waals surface area (Å²) in [6.07, 6.45) is 1.19. The number of carbonyl (C=O) groups excluding carboxylic acids is 1. The lowest BCUT2D eigenvalue weighted by molar-refractivity contribution is -0.132. The van der Waals surface area contributed by atoms with E-state index in [0.29, 0.717) is 17.0 Å². The monoisotopic (exact) mass is 373 g/mol. The van der Waals surface area contributed by atoms with Crippen molar-refractivity contribution in [3.8, 4) is 5.69 Å². The minimum Gasteiger partial charge on any atom is -0.341 e. The van der Waals surface area contributed by atoms with Gasteiger partial charge in [-0.1, -0.05) is 43.3 Å². The smallest absolute Gasteiger partial charge is 0.235 e. The van der Waals surface area contributed by atoms with Gasteiger partial charge in [0.05, 0.1) is 10.9 Å². The number of piperidine rings is 1. The number of nitrogens with zero attached hydrogens (tertiary/aromatic N) is 5. The molecule has 3 unspecified atom stereocenters. The van der Waals surface area contributed by atoms with Crippen LogP contribution in [0.1, 0.15) is 38.3 Å². The van der Waals surface area contributed by atoms with Crippen molar-refractivity contribution < 1.29 is 4.79 Å². The number of benzene rings is 1. The summed E-state index contributed by atoms with van der Waals surface area (Å²) in [5.41, 5.74) is 3.25. The lowest BCUT2D eigenvalue weighted by Gasteiger charge is -2.36. The first kappa shape index (κ1) is 18.9. The first-order chi connectivity index (χ1) is 12.3. The summed E-state index contributed by atoms with van der Waals surface area (Å²) < 4.78 is 1.73. The topological polar surface area (TPSA) is 63.9 Å². The fourth-order valence-electron chi connectivity index (χ4n) is 3.76. The van der Waals surface area contributed by atoms with Gasteiger partial charge in [0.2, 0.25) is 11.1 Å². The average Bonchev–Trinajstić information content (AvgIpc) is 3.01. The van der Waals surface area contributed by atoms with Crippen LogP contribution in [0.4, 0.5) is 0 Å². The highest BCUT2D eigenvalue weighted by Crippen LogP contribution is 2.28. The number of hydrogen-bond donors (Lipinski definition) is 0. The van der Waals surface area contributed by atoms with Crippen molar-refractivity contribution in [2.75, 3.05) is 13.1 Å². The van der Waals surface area contributed by atoms with Gasteiger partial charge in [0.25, 0.3) is 0 Å². The molecule has 26 heavy (non-hydrogen) atoms. The molecule has 1 aromatic heterocycles. The lowest BCUT2D eigenvalue weighted by Crippen LogP contribution is -2.45. The molecule has 6 nitrogen and oxygen atoms in total. The molecule has 0 spiro atoms. The fourth-order valence-corrected chi connectivity index (χ4v) is 4.64. The van der Waals surface area contributed by atoms with Crippen LogP contribution in [-0.4, -0.2) is 49.4 Å². The van der Waals surface area contributed by atoms with E-state index in [2.05, 4.69) is 42.4 Å². The largest absolute Gasteiger partial charge is 0.341 e. The van der Waals surface area contributed by atoms with Crippen molar-refractivity contribution in [2.24, 2.45) is 11.8 Å². The van der Waals surface area contributed by atoms with Gasteiger partial charge in [0.1, 0.15) is 0 Å². The zero-order valence-corrected chi connectivity index (χ0v) is 17.0. The normalized spacial score (nSPS) is 21.7. The van der Waals surface area contributed by atoms with E-state index in [1.54, 1.807) is 4.68 Å². The summed E-state index contributed by atoms with van der Waals surface area (Å²) in [6, 6.07) is 6.17. The van der Waals surface area contributed by atoms with Gasteiger partial charge in [0.15, 0.2) is 0 Å². The zero-order valence-electron chi connectivity index (χ0n) is 16.1. The van der Waals surface area contributed by atoms with Gasteiger partial charge in [-0.05, 0) is 61.1 Å². The maximum Gasteiger partial charge on any atom is 0.235 e. The van der Waals surface area contributed by atoms with Crippen LogP contribution in [-0.2, 0) is 4.79 Å². The number of likely N-dealkylation sites (tertiary alicyclic amines) is 1. The number of thioether (sulfide) groups is 1. The highest BCUT2D eigenvalue weighted by Gasteiger charge is 2.29. The molecule has 140 valence electrons. The first-order valence-electron chi connectivity index (χ1n) is 9.16. The molecule has 7 heteroatoms. The molecule has 1 aliphatic rings. The standard InChI is InChI=1S/C19H27N5OS/c1-12-6-7-17(15(4)9-12)24-19(20-21-22-24)26-16(5)18(25)23-10-13(2)8-14(3)11-23/h6-7,9,13-14,16H,8,10-11H2,1-5H3. The second kappa shape index (κ2) is 7.78. The third kappa shape index (κ3) is 4.09. The molecule has 0 N–H and O–H groups in total. The van der Waals surface area contributed by atoms with Gasteiger partial charge < -0.3 is 4.90 Å². The highest BCUT2D eigenvalue weighted by molar-refractivity contribution is 8.00. The minimum atomic E-state index is -0.219. The molecule has 0 radical (unpaired) electrons. The van der Waals surface area contributed by atoms with Crippen molar-refractivity contribution in [1.82, 2.24) is 25.1 Å². The van der Waals surface area contributed by atoms with Crippen molar-refractivity contribution in [3.63, 3.8) is 0 Å². The SMILES string of the molecule is Cc1ccc(-n2nnnc2SC(C)C(=O)N2CC(C)CC(C)C2)c(C)c1. The minimum absolute atomic E-state index is 0.170. The van der Waals surface area contributed by atoms with E-state index < -0.39 is 0 Å². The average molecular weight is 374 g/mol. The number of rotatable bonds is 4. The maximum atomic E-state index is 12.9. The van der Waals surface area contributed by atoms with Crippen LogP contribution >= 0.6 is 11.8 Å². The van der Waals surface area contributed by atoms with Gasteiger partial charge >= 0.3 is 0 Å². The summed E-state index contributed by atoms with van der Waals surface area (Å²) in [6.45, 7) is 12.2. The third-order valence-corrected chi connectivity index (χ3v) is 5.85. The Morgan fingerprint density at radius 2 is 1.92 bits per heavy atom. The van der Waals surface area contributed by atoms with E-state index in [1.807, 2.05) is 30.9 Å². The Bertz CT molecular complexity index is 780. The van der Waals surface area contributed by atoms with Gasteiger partial charge in [-0.15, -0.1) is 5.10 Å². The molecule has 1 saturated heterocycles. The Labute approximate surface area is 159 Å². The van der Waals surface area contributed by atoms with Crippen LogP contribution in [0.5, 0.6) is 0 Å². The molecular weight excluding hydrogens is 346 g/mol. The van der Waals surface area contributed by atoms with E-state index in [0.717, 1.165) is 24.3 Å². The summed E-state index contributed by atoms with van der Waals surface area (Å²) >= 11 is 1.42. The lowest BCUT2D eigenvalue weighted by atomic mass is 9.92. The molecule has 0 saturated carbocycles. The quantitative estimate of drug-likeness (QED) is 0.770. The first-order valence-corrected chi connectivity index (χ1v) is 10.0. The Balaban J connectivity index is 1.75. The molecule has 3 rings (SSSR count). The second-order valence-electron chi connectivity index (χ2n) is 7.61. The number of amides is 1. The van der Waals surface area contributed by atoms with Crippen molar-refractivity contribution in [3.05, 3.63) is 29.3 Å². The van der Waals surface area contributed by atoms with Gasteiger partial charge in [-0.25, -0.2) is 0 Å². The second-order valence-corrected chi connectivity index (χ2v) is 8.92. The van der Waals surface area contributed by atoms with E-state index in [9.17, 15) is 4.79 Å². The number of aryl methyl sites for hydroxylation is 2. The molecule has 0 bridgehead atoms. The van der Waals surface area contributed by atoms with Gasteiger partial charge in [0, 0.05) is 13.1 Å². The van der Waals surface area contributed by atoms with Crippen LogP contribution < -0.4 is 0 Å². The molecule has 0 aliphatic carbocycles. The van der Waals surface area contributed by atoms with Crippen molar-refractivity contribution >= 4 is 17.7 Å². The van der Waals surface area contributed by atoms with Crippen LogP contribution in [0.2, 0.25) is 0 Å². The highest BCUT2D eigenvalue weighted by atomic mass is 32.2. The van der Waals surface area contributed by atoms with E-state index >= 15 is 0 Å². The number of aromatic nitrogens is 4. The van der Waals surface area contributed by atoms with Crippen molar-refractivity contribution in [1.29, 1.82) is 0 Å². The third-order valence-electron chi connectivity index (χ3n) is 4.83. The van der Waals surface area contributed by atoms with Crippen LogP contribution in [0, 0.1) is 25.7 Å². The fraction of sp³-hybridized carbons (Fsp3) is 0.579. The molecule has 1 amide bonds. The number of hydrogen-bond acceptors (Lipinski definition) is 5. The predicted octanol–water partition coefficient (Wildman–Crippen LogP) is 3.26. The Hall–Kier alpha value is -1.89. The van der Waals surface area contributed by atoms with E-state index in [4.69, 9.17) is 0 Å². The molecule has 2 aromatic rings. The Morgan fingerprint density at radius 3 is 2.58 bits per heavy atom. The van der Waals surface area contributed by atoms with Crippen LogP contribution in [0.3, 0.4) is 0 Å². The van der Waals surface area contributed by atoms with Crippen LogP contribution in [0.25, 0.3) is 5.69 Å².